The summed E-state index contributed by atoms with van der Waals surface area (Å²) in [5, 5.41) is 20.7. The van der Waals surface area contributed by atoms with E-state index in [-0.39, 0.29) is 13.1 Å². The number of anilines is 1. The van der Waals surface area contributed by atoms with Crippen LogP contribution in [0.15, 0.2) is 12.1 Å². The second-order valence-corrected chi connectivity index (χ2v) is 3.74. The molecule has 0 spiro atoms. The van der Waals surface area contributed by atoms with Gasteiger partial charge in [0, 0.05) is 13.6 Å². The summed E-state index contributed by atoms with van der Waals surface area (Å²) >= 11 is 6.01. The lowest BCUT2D eigenvalue weighted by Gasteiger charge is -2.15. The number of aromatic nitrogens is 1. The third-order valence-corrected chi connectivity index (χ3v) is 2.48. The van der Waals surface area contributed by atoms with Crippen LogP contribution in [0.2, 0.25) is 5.02 Å². The van der Waals surface area contributed by atoms with Crippen LogP contribution in [0.1, 0.15) is 5.69 Å². The predicted molar refractivity (Wildman–Crippen MR) is 65.3 cm³/mol. The van der Waals surface area contributed by atoms with Gasteiger partial charge in [-0.05, 0) is 12.1 Å². The molecule has 0 saturated carbocycles. The summed E-state index contributed by atoms with van der Waals surface area (Å²) in [7, 11) is 1.77. The molecule has 17 heavy (non-hydrogen) atoms. The van der Waals surface area contributed by atoms with Gasteiger partial charge in [0.1, 0.15) is 5.82 Å². The van der Waals surface area contributed by atoms with Crippen molar-refractivity contribution in [1.82, 2.24) is 9.88 Å². The van der Waals surface area contributed by atoms with Crippen LogP contribution in [-0.2, 0) is 6.54 Å². The predicted octanol–water partition coefficient (Wildman–Crippen LogP) is 1.63. The SMILES string of the molecule is CNc1ccc(Cl)c(CN(CC#N)CC#N)n1. The maximum atomic E-state index is 8.64. The average Bonchev–Trinajstić information content (AvgIpc) is 2.32. The van der Waals surface area contributed by atoms with Crippen molar-refractivity contribution < 1.29 is 0 Å². The average molecular weight is 250 g/mol. The van der Waals surface area contributed by atoms with Crippen molar-refractivity contribution in [2.75, 3.05) is 25.5 Å². The van der Waals surface area contributed by atoms with Crippen LogP contribution in [0, 0.1) is 22.7 Å². The minimum Gasteiger partial charge on any atom is -0.373 e. The molecule has 0 aliphatic carbocycles. The maximum absolute atomic E-state index is 8.64. The molecule has 88 valence electrons. The Morgan fingerprint density at radius 1 is 1.35 bits per heavy atom. The first-order valence-corrected chi connectivity index (χ1v) is 5.38. The van der Waals surface area contributed by atoms with Gasteiger partial charge in [0.25, 0.3) is 0 Å². The molecule has 0 saturated heterocycles. The molecule has 0 amide bonds. The molecule has 0 aromatic carbocycles. The fraction of sp³-hybridized carbons (Fsp3) is 0.364. The Hall–Kier alpha value is -1.82. The minimum atomic E-state index is 0.176. The van der Waals surface area contributed by atoms with Crippen LogP contribution in [0.4, 0.5) is 5.82 Å². The van der Waals surface area contributed by atoms with Crippen molar-refractivity contribution in [3.05, 3.63) is 22.8 Å². The molecular formula is C11H12ClN5. The first kappa shape index (κ1) is 13.2. The second kappa shape index (κ2) is 6.70. The Kier molecular flexibility index (Phi) is 5.22. The summed E-state index contributed by atoms with van der Waals surface area (Å²) in [5.74, 6) is 0.707. The second-order valence-electron chi connectivity index (χ2n) is 3.34. The van der Waals surface area contributed by atoms with E-state index in [1.165, 1.54) is 0 Å². The molecule has 1 N–H and O–H groups in total. The van der Waals surface area contributed by atoms with Gasteiger partial charge in [-0.15, -0.1) is 0 Å². The fourth-order valence-corrected chi connectivity index (χ4v) is 1.48. The van der Waals surface area contributed by atoms with Crippen molar-refractivity contribution in [3.63, 3.8) is 0 Å². The van der Waals surface area contributed by atoms with Gasteiger partial charge in [-0.25, -0.2) is 4.98 Å². The lowest BCUT2D eigenvalue weighted by Crippen LogP contribution is -2.24. The summed E-state index contributed by atoms with van der Waals surface area (Å²) in [4.78, 5) is 5.97. The summed E-state index contributed by atoms with van der Waals surface area (Å²) in [5.41, 5.74) is 0.656. The number of nitriles is 2. The maximum Gasteiger partial charge on any atom is 0.126 e. The zero-order valence-electron chi connectivity index (χ0n) is 9.44. The highest BCUT2D eigenvalue weighted by molar-refractivity contribution is 6.31. The van der Waals surface area contributed by atoms with E-state index in [1.807, 2.05) is 12.1 Å². The van der Waals surface area contributed by atoms with E-state index in [0.717, 1.165) is 0 Å². The van der Waals surface area contributed by atoms with E-state index in [9.17, 15) is 0 Å². The van der Waals surface area contributed by atoms with Crippen molar-refractivity contribution in [2.24, 2.45) is 0 Å². The number of hydrogen-bond acceptors (Lipinski definition) is 5. The van der Waals surface area contributed by atoms with Crippen LogP contribution >= 0.6 is 11.6 Å². The lowest BCUT2D eigenvalue weighted by atomic mass is 10.3. The van der Waals surface area contributed by atoms with Crippen LogP contribution in [0.3, 0.4) is 0 Å². The molecule has 5 nitrogen and oxygen atoms in total. The van der Waals surface area contributed by atoms with E-state index >= 15 is 0 Å². The molecule has 1 rings (SSSR count). The molecule has 0 atom stereocenters. The zero-order valence-corrected chi connectivity index (χ0v) is 10.2. The first-order valence-electron chi connectivity index (χ1n) is 5.00. The van der Waals surface area contributed by atoms with E-state index in [4.69, 9.17) is 22.1 Å². The Balaban J connectivity index is 2.85. The van der Waals surface area contributed by atoms with Gasteiger partial charge in [0.2, 0.25) is 0 Å². The van der Waals surface area contributed by atoms with Gasteiger partial charge in [-0.2, -0.15) is 10.5 Å². The van der Waals surface area contributed by atoms with Gasteiger partial charge in [-0.3, -0.25) is 4.90 Å². The molecule has 0 aliphatic heterocycles. The van der Waals surface area contributed by atoms with Gasteiger partial charge < -0.3 is 5.32 Å². The summed E-state index contributed by atoms with van der Waals surface area (Å²) in [6.07, 6.45) is 0. The van der Waals surface area contributed by atoms with Crippen LogP contribution in [-0.4, -0.2) is 30.0 Å². The van der Waals surface area contributed by atoms with E-state index < -0.39 is 0 Å². The summed E-state index contributed by atoms with van der Waals surface area (Å²) in [6.45, 7) is 0.736. The van der Waals surface area contributed by atoms with Gasteiger partial charge >= 0.3 is 0 Å². The van der Waals surface area contributed by atoms with Gasteiger partial charge in [0.05, 0.1) is 35.9 Å². The topological polar surface area (TPSA) is 75.7 Å². The molecule has 0 radical (unpaired) electrons. The van der Waals surface area contributed by atoms with Crippen molar-refractivity contribution in [1.29, 1.82) is 10.5 Å². The van der Waals surface area contributed by atoms with Crippen molar-refractivity contribution in [2.45, 2.75) is 6.54 Å². The van der Waals surface area contributed by atoms with Gasteiger partial charge in [-0.1, -0.05) is 11.6 Å². The molecule has 0 unspecified atom stereocenters. The van der Waals surface area contributed by atoms with Crippen LogP contribution in [0.5, 0.6) is 0 Å². The number of nitrogens with zero attached hydrogens (tertiary/aromatic N) is 4. The Morgan fingerprint density at radius 3 is 2.53 bits per heavy atom. The fourth-order valence-electron chi connectivity index (χ4n) is 1.31. The van der Waals surface area contributed by atoms with E-state index in [2.05, 4.69) is 10.3 Å². The standard InChI is InChI=1S/C11H12ClN5/c1-15-11-3-2-9(12)10(16-11)8-17(6-4-13)7-5-14/h2-3H,6-8H2,1H3,(H,15,16). The molecule has 1 heterocycles. The minimum absolute atomic E-state index is 0.176. The van der Waals surface area contributed by atoms with Crippen molar-refractivity contribution >= 4 is 17.4 Å². The number of rotatable bonds is 5. The largest absolute Gasteiger partial charge is 0.373 e. The highest BCUT2D eigenvalue weighted by Gasteiger charge is 2.10. The Bertz CT molecular complexity index is 444. The molecule has 1 aromatic heterocycles. The third kappa shape index (κ3) is 3.92. The Morgan fingerprint density at radius 2 is 2.00 bits per heavy atom. The highest BCUT2D eigenvalue weighted by Crippen LogP contribution is 2.18. The van der Waals surface area contributed by atoms with E-state index in [1.54, 1.807) is 24.1 Å². The van der Waals surface area contributed by atoms with Crippen LogP contribution < -0.4 is 5.32 Å². The molecule has 0 bridgehead atoms. The molecule has 6 heteroatoms. The molecule has 1 aromatic rings. The van der Waals surface area contributed by atoms with Crippen LogP contribution in [0.25, 0.3) is 0 Å². The monoisotopic (exact) mass is 249 g/mol. The summed E-state index contributed by atoms with van der Waals surface area (Å²) in [6, 6.07) is 7.53. The molecule has 0 fully saturated rings. The third-order valence-electron chi connectivity index (χ3n) is 2.14. The number of hydrogen-bond donors (Lipinski definition) is 1. The number of pyridine rings is 1. The van der Waals surface area contributed by atoms with Crippen molar-refractivity contribution in [3.8, 4) is 12.1 Å². The number of halogens is 1. The quantitative estimate of drug-likeness (QED) is 0.803. The summed E-state index contributed by atoms with van der Waals surface area (Å²) < 4.78 is 0. The van der Waals surface area contributed by atoms with Gasteiger partial charge in [0.15, 0.2) is 0 Å². The smallest absolute Gasteiger partial charge is 0.126 e. The Labute approximate surface area is 105 Å². The first-order chi connectivity index (χ1) is 8.21. The normalized spacial score (nSPS) is 9.71. The molecular weight excluding hydrogens is 238 g/mol. The van der Waals surface area contributed by atoms with E-state index in [0.29, 0.717) is 23.1 Å². The highest BCUT2D eigenvalue weighted by atomic mass is 35.5. The lowest BCUT2D eigenvalue weighted by molar-refractivity contribution is 0.331. The zero-order chi connectivity index (χ0) is 12.7. The number of nitrogens with one attached hydrogen (secondary N) is 1. The molecule has 0 aliphatic rings.